The van der Waals surface area contributed by atoms with Gasteiger partial charge in [-0.15, -0.1) is 0 Å². The number of hydrogen-bond donors (Lipinski definition) is 1. The molecule has 0 aromatic heterocycles. The zero-order chi connectivity index (χ0) is 12.2. The molecule has 0 unspecified atom stereocenters. The number of ether oxygens (including phenoxy) is 1. The largest absolute Gasteiger partial charge is 0.494 e. The lowest BCUT2D eigenvalue weighted by Crippen LogP contribution is -2.08. The highest BCUT2D eigenvalue weighted by atomic mass is 32.2. The van der Waals surface area contributed by atoms with Crippen molar-refractivity contribution in [2.75, 3.05) is 12.4 Å². The highest BCUT2D eigenvalue weighted by Crippen LogP contribution is 2.16. The summed E-state index contributed by atoms with van der Waals surface area (Å²) in [6.07, 6.45) is 0.283. The van der Waals surface area contributed by atoms with Crippen LogP contribution in [0.4, 0.5) is 0 Å². The van der Waals surface area contributed by atoms with E-state index in [2.05, 4.69) is 0 Å². The lowest BCUT2D eigenvalue weighted by atomic mass is 10.1. The van der Waals surface area contributed by atoms with E-state index in [-0.39, 0.29) is 18.8 Å². The Balaban J connectivity index is 2.41. The molecule has 1 aromatic carbocycles. The first-order chi connectivity index (χ1) is 7.38. The van der Waals surface area contributed by atoms with Crippen LogP contribution in [0.5, 0.6) is 5.75 Å². The lowest BCUT2D eigenvalue weighted by Gasteiger charge is -2.07. The summed E-state index contributed by atoms with van der Waals surface area (Å²) >= 11 is 0. The molecule has 0 aliphatic rings. The van der Waals surface area contributed by atoms with Gasteiger partial charge in [0.05, 0.1) is 12.4 Å². The van der Waals surface area contributed by atoms with Crippen molar-refractivity contribution in [3.8, 4) is 5.75 Å². The van der Waals surface area contributed by atoms with E-state index in [0.717, 1.165) is 11.3 Å². The summed E-state index contributed by atoms with van der Waals surface area (Å²) in [6, 6.07) is 5.70. The summed E-state index contributed by atoms with van der Waals surface area (Å²) < 4.78 is 34.8. The summed E-state index contributed by atoms with van der Waals surface area (Å²) in [5.41, 5.74) is 2.32. The van der Waals surface area contributed by atoms with Gasteiger partial charge in [0.25, 0.3) is 10.1 Å². The Morgan fingerprint density at radius 1 is 1.25 bits per heavy atom. The van der Waals surface area contributed by atoms with Crippen LogP contribution in [0.3, 0.4) is 0 Å². The van der Waals surface area contributed by atoms with E-state index in [9.17, 15) is 8.42 Å². The van der Waals surface area contributed by atoms with Crippen LogP contribution in [0.2, 0.25) is 0 Å². The second-order valence-corrected chi connectivity index (χ2v) is 5.31. The van der Waals surface area contributed by atoms with Crippen LogP contribution >= 0.6 is 0 Å². The van der Waals surface area contributed by atoms with Crippen LogP contribution in [0.15, 0.2) is 18.2 Å². The van der Waals surface area contributed by atoms with Crippen LogP contribution in [-0.2, 0) is 10.1 Å². The molecule has 0 spiro atoms. The summed E-state index contributed by atoms with van der Waals surface area (Å²) in [5, 5.41) is 0. The maximum absolute atomic E-state index is 10.4. The second kappa shape index (κ2) is 5.32. The quantitative estimate of drug-likeness (QED) is 0.635. The molecule has 1 rings (SSSR count). The predicted octanol–water partition coefficient (Wildman–Crippen LogP) is 1.96. The van der Waals surface area contributed by atoms with Crippen molar-refractivity contribution < 1.29 is 17.7 Å². The zero-order valence-corrected chi connectivity index (χ0v) is 10.3. The summed E-state index contributed by atoms with van der Waals surface area (Å²) in [4.78, 5) is 0. The van der Waals surface area contributed by atoms with Gasteiger partial charge in [-0.3, -0.25) is 4.55 Å². The average molecular weight is 244 g/mol. The van der Waals surface area contributed by atoms with Crippen LogP contribution < -0.4 is 4.74 Å². The van der Waals surface area contributed by atoms with Crippen LogP contribution in [0.25, 0.3) is 0 Å². The summed E-state index contributed by atoms with van der Waals surface area (Å²) in [6.45, 7) is 4.28. The minimum Gasteiger partial charge on any atom is -0.494 e. The van der Waals surface area contributed by atoms with Crippen molar-refractivity contribution in [1.29, 1.82) is 0 Å². The van der Waals surface area contributed by atoms with Crippen molar-refractivity contribution in [3.05, 3.63) is 29.3 Å². The van der Waals surface area contributed by atoms with E-state index in [1.807, 2.05) is 32.0 Å². The molecule has 0 saturated carbocycles. The molecule has 5 heteroatoms. The Bertz CT molecular complexity index is 451. The molecule has 0 bridgehead atoms. The fourth-order valence-electron chi connectivity index (χ4n) is 1.24. The molecule has 0 fully saturated rings. The first-order valence-corrected chi connectivity index (χ1v) is 6.64. The number of aryl methyl sites for hydroxylation is 2. The Morgan fingerprint density at radius 3 is 2.50 bits per heavy atom. The molecule has 0 aliphatic heterocycles. The molecule has 1 aromatic rings. The van der Waals surface area contributed by atoms with Gasteiger partial charge in [0.2, 0.25) is 0 Å². The van der Waals surface area contributed by atoms with Crippen molar-refractivity contribution in [2.45, 2.75) is 20.3 Å². The lowest BCUT2D eigenvalue weighted by molar-refractivity contribution is 0.316. The predicted molar refractivity (Wildman–Crippen MR) is 62.4 cm³/mol. The molecular formula is C11H16O4S. The second-order valence-electron chi connectivity index (χ2n) is 3.73. The molecule has 1 N–H and O–H groups in total. The van der Waals surface area contributed by atoms with Crippen molar-refractivity contribution in [2.24, 2.45) is 0 Å². The van der Waals surface area contributed by atoms with Gasteiger partial charge in [-0.1, -0.05) is 6.07 Å². The van der Waals surface area contributed by atoms with Gasteiger partial charge in [-0.05, 0) is 43.5 Å². The van der Waals surface area contributed by atoms with E-state index in [1.54, 1.807) is 0 Å². The van der Waals surface area contributed by atoms with E-state index in [0.29, 0.717) is 0 Å². The maximum atomic E-state index is 10.4. The molecular weight excluding hydrogens is 228 g/mol. The van der Waals surface area contributed by atoms with Gasteiger partial charge in [0.1, 0.15) is 5.75 Å². The minimum absolute atomic E-state index is 0.266. The van der Waals surface area contributed by atoms with Gasteiger partial charge in [0, 0.05) is 0 Å². The molecule has 0 heterocycles. The molecule has 0 saturated heterocycles. The summed E-state index contributed by atoms with van der Waals surface area (Å²) in [5.74, 6) is 0.455. The zero-order valence-electron chi connectivity index (χ0n) is 9.43. The standard InChI is InChI=1S/C11H16O4S/c1-9-4-5-11(8-10(9)2)15-6-3-7-16(12,13)14/h4-5,8H,3,6-7H2,1-2H3,(H,12,13,14). The van der Waals surface area contributed by atoms with Gasteiger partial charge >= 0.3 is 0 Å². The third kappa shape index (κ3) is 4.63. The van der Waals surface area contributed by atoms with Crippen molar-refractivity contribution in [3.63, 3.8) is 0 Å². The number of hydrogen-bond acceptors (Lipinski definition) is 3. The van der Waals surface area contributed by atoms with Crippen LogP contribution in [0.1, 0.15) is 17.5 Å². The Hall–Kier alpha value is -1.07. The topological polar surface area (TPSA) is 63.6 Å². The minimum atomic E-state index is -3.87. The highest BCUT2D eigenvalue weighted by molar-refractivity contribution is 7.85. The monoisotopic (exact) mass is 244 g/mol. The molecule has 16 heavy (non-hydrogen) atoms. The fraction of sp³-hybridized carbons (Fsp3) is 0.455. The van der Waals surface area contributed by atoms with Gasteiger partial charge in [-0.2, -0.15) is 8.42 Å². The first-order valence-electron chi connectivity index (χ1n) is 5.04. The molecule has 0 radical (unpaired) electrons. The van der Waals surface area contributed by atoms with Crippen LogP contribution in [0, 0.1) is 13.8 Å². The summed E-state index contributed by atoms with van der Waals surface area (Å²) in [7, 11) is -3.87. The normalized spacial score (nSPS) is 11.4. The molecule has 90 valence electrons. The van der Waals surface area contributed by atoms with E-state index >= 15 is 0 Å². The first kappa shape index (κ1) is 13.0. The van der Waals surface area contributed by atoms with Crippen LogP contribution in [-0.4, -0.2) is 25.3 Å². The van der Waals surface area contributed by atoms with Crippen molar-refractivity contribution in [1.82, 2.24) is 0 Å². The molecule has 0 atom stereocenters. The molecule has 0 amide bonds. The van der Waals surface area contributed by atoms with Crippen molar-refractivity contribution >= 4 is 10.1 Å². The van der Waals surface area contributed by atoms with Gasteiger partial charge < -0.3 is 4.74 Å². The van der Waals surface area contributed by atoms with Gasteiger partial charge in [-0.25, -0.2) is 0 Å². The number of benzene rings is 1. The molecule has 4 nitrogen and oxygen atoms in total. The Kier molecular flexibility index (Phi) is 4.32. The Morgan fingerprint density at radius 2 is 1.94 bits per heavy atom. The Labute approximate surface area is 96.0 Å². The SMILES string of the molecule is Cc1ccc(OCCCS(=O)(=O)O)cc1C. The third-order valence-corrected chi connectivity index (χ3v) is 3.10. The average Bonchev–Trinajstić information content (AvgIpc) is 2.17. The third-order valence-electron chi connectivity index (χ3n) is 2.29. The van der Waals surface area contributed by atoms with E-state index in [4.69, 9.17) is 9.29 Å². The fourth-order valence-corrected chi connectivity index (χ4v) is 1.72. The van der Waals surface area contributed by atoms with E-state index < -0.39 is 10.1 Å². The smallest absolute Gasteiger partial charge is 0.264 e. The highest BCUT2D eigenvalue weighted by Gasteiger charge is 2.04. The maximum Gasteiger partial charge on any atom is 0.264 e. The molecule has 0 aliphatic carbocycles. The number of rotatable bonds is 5. The van der Waals surface area contributed by atoms with E-state index in [1.165, 1.54) is 5.56 Å². The van der Waals surface area contributed by atoms with Gasteiger partial charge in [0.15, 0.2) is 0 Å².